The van der Waals surface area contributed by atoms with E-state index in [2.05, 4.69) is 47.2 Å². The molecule has 0 atom stereocenters. The minimum absolute atomic E-state index is 0.837. The van der Waals surface area contributed by atoms with Crippen LogP contribution in [0.1, 0.15) is 28.1 Å². The molecule has 120 valence electrons. The Morgan fingerprint density at radius 3 is 2.61 bits per heavy atom. The summed E-state index contributed by atoms with van der Waals surface area (Å²) in [7, 11) is 2.12. The summed E-state index contributed by atoms with van der Waals surface area (Å²) < 4.78 is 7.26. The van der Waals surface area contributed by atoms with E-state index < -0.39 is 0 Å². The standard InChI is InChI=1S/C18H22N4O/c1-13-9-17(22-8-7-19-12-22)6-5-16(13)10-21(4)11-18-14(2)20-23-15(18)3/h5-9,12H,10-11H2,1-4H3. The zero-order valence-electron chi connectivity index (χ0n) is 14.1. The third kappa shape index (κ3) is 3.35. The van der Waals surface area contributed by atoms with Crippen molar-refractivity contribution in [2.45, 2.75) is 33.9 Å². The monoisotopic (exact) mass is 310 g/mol. The molecule has 2 heterocycles. The van der Waals surface area contributed by atoms with E-state index in [0.717, 1.165) is 30.2 Å². The van der Waals surface area contributed by atoms with Gasteiger partial charge in [-0.05, 0) is 51.1 Å². The van der Waals surface area contributed by atoms with Crippen molar-refractivity contribution in [3.05, 3.63) is 65.1 Å². The number of rotatable bonds is 5. The lowest BCUT2D eigenvalue weighted by atomic mass is 10.1. The smallest absolute Gasteiger partial charge is 0.138 e. The molecule has 0 fully saturated rings. The van der Waals surface area contributed by atoms with Crippen molar-refractivity contribution >= 4 is 0 Å². The van der Waals surface area contributed by atoms with Crippen LogP contribution in [-0.2, 0) is 13.1 Å². The molecule has 0 unspecified atom stereocenters. The van der Waals surface area contributed by atoms with Crippen LogP contribution >= 0.6 is 0 Å². The number of benzene rings is 1. The molecule has 5 nitrogen and oxygen atoms in total. The van der Waals surface area contributed by atoms with Crippen LogP contribution in [0.5, 0.6) is 0 Å². The highest BCUT2D eigenvalue weighted by Gasteiger charge is 2.12. The van der Waals surface area contributed by atoms with Gasteiger partial charge in [0.2, 0.25) is 0 Å². The average Bonchev–Trinajstić information content (AvgIpc) is 3.15. The van der Waals surface area contributed by atoms with Gasteiger partial charge < -0.3 is 9.09 Å². The van der Waals surface area contributed by atoms with Crippen molar-refractivity contribution in [2.24, 2.45) is 0 Å². The quantitative estimate of drug-likeness (QED) is 0.724. The number of aromatic nitrogens is 3. The minimum Gasteiger partial charge on any atom is -0.361 e. The first kappa shape index (κ1) is 15.5. The van der Waals surface area contributed by atoms with Crippen molar-refractivity contribution in [3.8, 4) is 5.69 Å². The molecular weight excluding hydrogens is 288 g/mol. The molecule has 0 radical (unpaired) electrons. The normalized spacial score (nSPS) is 11.3. The van der Waals surface area contributed by atoms with Crippen molar-refractivity contribution < 1.29 is 4.52 Å². The highest BCUT2D eigenvalue weighted by atomic mass is 16.5. The first-order valence-corrected chi connectivity index (χ1v) is 7.72. The fraction of sp³-hybridized carbons (Fsp3) is 0.333. The van der Waals surface area contributed by atoms with Gasteiger partial charge in [-0.3, -0.25) is 4.90 Å². The highest BCUT2D eigenvalue weighted by molar-refractivity contribution is 5.40. The van der Waals surface area contributed by atoms with Crippen LogP contribution in [0, 0.1) is 20.8 Å². The number of nitrogens with zero attached hydrogens (tertiary/aromatic N) is 4. The van der Waals surface area contributed by atoms with Gasteiger partial charge in [-0.15, -0.1) is 0 Å². The molecule has 0 saturated heterocycles. The number of hydrogen-bond donors (Lipinski definition) is 0. The van der Waals surface area contributed by atoms with Crippen LogP contribution in [0.3, 0.4) is 0 Å². The summed E-state index contributed by atoms with van der Waals surface area (Å²) in [6.07, 6.45) is 5.57. The molecule has 0 N–H and O–H groups in total. The molecule has 0 aliphatic carbocycles. The van der Waals surface area contributed by atoms with E-state index in [0.29, 0.717) is 0 Å². The van der Waals surface area contributed by atoms with Crippen molar-refractivity contribution in [2.75, 3.05) is 7.05 Å². The zero-order valence-corrected chi connectivity index (χ0v) is 14.1. The fourth-order valence-electron chi connectivity index (χ4n) is 2.77. The first-order chi connectivity index (χ1) is 11.0. The number of imidazole rings is 1. The van der Waals surface area contributed by atoms with Crippen molar-refractivity contribution in [1.29, 1.82) is 0 Å². The molecule has 23 heavy (non-hydrogen) atoms. The van der Waals surface area contributed by atoms with E-state index in [1.54, 1.807) is 6.20 Å². The molecule has 3 rings (SSSR count). The average molecular weight is 310 g/mol. The van der Waals surface area contributed by atoms with Gasteiger partial charge >= 0.3 is 0 Å². The van der Waals surface area contributed by atoms with Gasteiger partial charge in [-0.2, -0.15) is 0 Å². The predicted molar refractivity (Wildman–Crippen MR) is 89.4 cm³/mol. The maximum Gasteiger partial charge on any atom is 0.138 e. The molecule has 5 heteroatoms. The summed E-state index contributed by atoms with van der Waals surface area (Å²) in [5, 5.41) is 4.02. The van der Waals surface area contributed by atoms with Crippen molar-refractivity contribution in [1.82, 2.24) is 19.6 Å². The summed E-state index contributed by atoms with van der Waals surface area (Å²) >= 11 is 0. The van der Waals surface area contributed by atoms with Crippen LogP contribution < -0.4 is 0 Å². The highest BCUT2D eigenvalue weighted by Crippen LogP contribution is 2.19. The molecule has 0 amide bonds. The molecule has 0 saturated carbocycles. The Bertz CT molecular complexity index is 770. The Labute approximate surface area is 136 Å². The van der Waals surface area contributed by atoms with E-state index in [-0.39, 0.29) is 0 Å². The van der Waals surface area contributed by atoms with Gasteiger partial charge in [0.25, 0.3) is 0 Å². The minimum atomic E-state index is 0.837. The lowest BCUT2D eigenvalue weighted by Gasteiger charge is -2.18. The SMILES string of the molecule is Cc1cc(-n2ccnc2)ccc1CN(C)Cc1c(C)noc1C. The third-order valence-corrected chi connectivity index (χ3v) is 4.18. The van der Waals surface area contributed by atoms with Gasteiger partial charge in [0.15, 0.2) is 0 Å². The van der Waals surface area contributed by atoms with E-state index in [1.165, 1.54) is 16.7 Å². The summed E-state index contributed by atoms with van der Waals surface area (Å²) in [6, 6.07) is 6.52. The second-order valence-corrected chi connectivity index (χ2v) is 6.06. The van der Waals surface area contributed by atoms with Gasteiger partial charge in [0.1, 0.15) is 5.76 Å². The van der Waals surface area contributed by atoms with Gasteiger partial charge in [0.05, 0.1) is 12.0 Å². The molecule has 0 spiro atoms. The van der Waals surface area contributed by atoms with Crippen LogP contribution in [0.15, 0.2) is 41.4 Å². The van der Waals surface area contributed by atoms with Crippen LogP contribution in [0.4, 0.5) is 0 Å². The van der Waals surface area contributed by atoms with Crippen LogP contribution in [0.2, 0.25) is 0 Å². The Hall–Kier alpha value is -2.40. The predicted octanol–water partition coefficient (Wildman–Crippen LogP) is 3.42. The Balaban J connectivity index is 1.72. The van der Waals surface area contributed by atoms with E-state index in [1.807, 2.05) is 30.9 Å². The topological polar surface area (TPSA) is 47.1 Å². The first-order valence-electron chi connectivity index (χ1n) is 7.72. The second-order valence-electron chi connectivity index (χ2n) is 6.06. The molecular formula is C18H22N4O. The lowest BCUT2D eigenvalue weighted by Crippen LogP contribution is -2.18. The summed E-state index contributed by atoms with van der Waals surface area (Å²) in [4.78, 5) is 6.38. The molecule has 0 aliphatic heterocycles. The third-order valence-electron chi connectivity index (χ3n) is 4.18. The molecule has 1 aromatic carbocycles. The zero-order chi connectivity index (χ0) is 16.4. The molecule has 2 aromatic heterocycles. The van der Waals surface area contributed by atoms with Gasteiger partial charge in [0, 0.05) is 36.7 Å². The maximum absolute atomic E-state index is 5.24. The molecule has 0 aliphatic rings. The number of aryl methyl sites for hydroxylation is 3. The van der Waals surface area contributed by atoms with E-state index >= 15 is 0 Å². The molecule has 3 aromatic rings. The summed E-state index contributed by atoms with van der Waals surface area (Å²) in [5.74, 6) is 0.904. The van der Waals surface area contributed by atoms with Gasteiger partial charge in [-0.25, -0.2) is 4.98 Å². The Morgan fingerprint density at radius 1 is 1.17 bits per heavy atom. The second kappa shape index (κ2) is 6.38. The fourth-order valence-corrected chi connectivity index (χ4v) is 2.77. The molecule has 0 bridgehead atoms. The van der Waals surface area contributed by atoms with Gasteiger partial charge in [-0.1, -0.05) is 11.2 Å². The summed E-state index contributed by atoms with van der Waals surface area (Å²) in [6.45, 7) is 7.84. The van der Waals surface area contributed by atoms with E-state index in [9.17, 15) is 0 Å². The Kier molecular flexibility index (Phi) is 4.30. The van der Waals surface area contributed by atoms with Crippen LogP contribution in [-0.4, -0.2) is 26.7 Å². The van der Waals surface area contributed by atoms with Crippen LogP contribution in [0.25, 0.3) is 5.69 Å². The lowest BCUT2D eigenvalue weighted by molar-refractivity contribution is 0.314. The Morgan fingerprint density at radius 2 is 2.00 bits per heavy atom. The van der Waals surface area contributed by atoms with E-state index in [4.69, 9.17) is 4.52 Å². The number of hydrogen-bond acceptors (Lipinski definition) is 4. The summed E-state index contributed by atoms with van der Waals surface area (Å²) in [5.41, 5.74) is 5.89. The maximum atomic E-state index is 5.24. The largest absolute Gasteiger partial charge is 0.361 e. The van der Waals surface area contributed by atoms with Crippen molar-refractivity contribution in [3.63, 3.8) is 0 Å².